The van der Waals surface area contributed by atoms with E-state index >= 15 is 0 Å². The fraction of sp³-hybridized carbons (Fsp3) is 0. The molecule has 0 spiro atoms. The predicted molar refractivity (Wildman–Crippen MR) is 66.7 cm³/mol. The van der Waals surface area contributed by atoms with Crippen LogP contribution in [0, 0.1) is 5.82 Å². The van der Waals surface area contributed by atoms with Gasteiger partial charge in [-0.25, -0.2) is 4.39 Å². The van der Waals surface area contributed by atoms with Crippen molar-refractivity contribution in [1.29, 1.82) is 0 Å². The number of rotatable bonds is 2. The number of halogens is 2. The first-order valence-electron chi connectivity index (χ1n) is 4.87. The second-order valence-corrected chi connectivity index (χ2v) is 3.95. The second kappa shape index (κ2) is 4.50. The summed E-state index contributed by atoms with van der Waals surface area (Å²) < 4.78 is 12.7. The molecule has 0 bridgehead atoms. The van der Waals surface area contributed by atoms with Crippen molar-refractivity contribution in [3.63, 3.8) is 0 Å². The number of benzene rings is 2. The van der Waals surface area contributed by atoms with Crippen LogP contribution in [0.25, 0.3) is 16.2 Å². The summed E-state index contributed by atoms with van der Waals surface area (Å²) in [5.74, 6) is -0.227. The van der Waals surface area contributed by atoms with Crippen LogP contribution in [0.15, 0.2) is 55.1 Å². The molecule has 0 aliphatic carbocycles. The minimum Gasteiger partial charge on any atom is -0.207 e. The molecular weight excluding hydrogens is 223 g/mol. The molecule has 16 heavy (non-hydrogen) atoms. The summed E-state index contributed by atoms with van der Waals surface area (Å²) in [6, 6.07) is 14.1. The van der Waals surface area contributed by atoms with Crippen molar-refractivity contribution in [2.24, 2.45) is 0 Å². The van der Waals surface area contributed by atoms with Crippen molar-refractivity contribution < 1.29 is 4.39 Å². The highest BCUT2D eigenvalue weighted by Crippen LogP contribution is 2.23. The third-order valence-corrected chi connectivity index (χ3v) is 2.59. The Morgan fingerprint density at radius 3 is 1.75 bits per heavy atom. The molecule has 2 rings (SSSR count). The molecule has 0 nitrogen and oxygen atoms in total. The summed E-state index contributed by atoms with van der Waals surface area (Å²) in [4.78, 5) is 0. The number of hydrogen-bond donors (Lipinski definition) is 0. The first kappa shape index (κ1) is 10.9. The Bertz CT molecular complexity index is 497. The van der Waals surface area contributed by atoms with Gasteiger partial charge >= 0.3 is 0 Å². The zero-order valence-corrected chi connectivity index (χ0v) is 9.34. The molecule has 0 aliphatic heterocycles. The van der Waals surface area contributed by atoms with Crippen LogP contribution in [0.1, 0.15) is 5.56 Å². The van der Waals surface area contributed by atoms with E-state index in [1.54, 1.807) is 12.1 Å². The minimum absolute atomic E-state index is 0.227. The predicted octanol–water partition coefficient (Wildman–Crippen LogP) is 4.70. The molecule has 0 radical (unpaired) electrons. The van der Waals surface area contributed by atoms with Crippen LogP contribution in [-0.4, -0.2) is 0 Å². The first-order valence-corrected chi connectivity index (χ1v) is 5.25. The van der Waals surface area contributed by atoms with Gasteiger partial charge in [0, 0.05) is 5.03 Å². The fourth-order valence-corrected chi connectivity index (χ4v) is 1.61. The normalized spacial score (nSPS) is 10.1. The van der Waals surface area contributed by atoms with Crippen molar-refractivity contribution in [3.05, 3.63) is 66.5 Å². The van der Waals surface area contributed by atoms with E-state index in [0.29, 0.717) is 5.03 Å². The molecular formula is C14H10ClF. The van der Waals surface area contributed by atoms with Crippen molar-refractivity contribution in [2.75, 3.05) is 0 Å². The second-order valence-electron chi connectivity index (χ2n) is 3.49. The van der Waals surface area contributed by atoms with Crippen molar-refractivity contribution in [1.82, 2.24) is 0 Å². The maximum atomic E-state index is 12.7. The Hall–Kier alpha value is -1.60. The van der Waals surface area contributed by atoms with Gasteiger partial charge in [-0.15, -0.1) is 0 Å². The van der Waals surface area contributed by atoms with E-state index in [1.807, 2.05) is 24.3 Å². The third-order valence-electron chi connectivity index (χ3n) is 2.38. The smallest absolute Gasteiger partial charge is 0.123 e. The molecule has 0 heterocycles. The third kappa shape index (κ3) is 2.31. The Morgan fingerprint density at radius 1 is 0.875 bits per heavy atom. The Labute approximate surface area is 99.0 Å². The van der Waals surface area contributed by atoms with Gasteiger partial charge in [0.1, 0.15) is 5.82 Å². The van der Waals surface area contributed by atoms with Crippen molar-refractivity contribution in [2.45, 2.75) is 0 Å². The quantitative estimate of drug-likeness (QED) is 0.704. The van der Waals surface area contributed by atoms with E-state index < -0.39 is 0 Å². The van der Waals surface area contributed by atoms with Crippen LogP contribution in [0.5, 0.6) is 0 Å². The highest BCUT2D eigenvalue weighted by Gasteiger charge is 1.99. The zero-order chi connectivity index (χ0) is 11.5. The van der Waals surface area contributed by atoms with Gasteiger partial charge in [-0.2, -0.15) is 0 Å². The monoisotopic (exact) mass is 232 g/mol. The van der Waals surface area contributed by atoms with Crippen LogP contribution in [0.3, 0.4) is 0 Å². The molecule has 0 saturated heterocycles. The summed E-state index contributed by atoms with van der Waals surface area (Å²) in [7, 11) is 0. The summed E-state index contributed by atoms with van der Waals surface area (Å²) >= 11 is 5.78. The summed E-state index contributed by atoms with van der Waals surface area (Å²) in [6.45, 7) is 3.66. The number of hydrogen-bond acceptors (Lipinski definition) is 0. The van der Waals surface area contributed by atoms with Crippen LogP contribution in [0.4, 0.5) is 4.39 Å². The Morgan fingerprint density at radius 2 is 1.31 bits per heavy atom. The van der Waals surface area contributed by atoms with Crippen LogP contribution in [-0.2, 0) is 0 Å². The SMILES string of the molecule is C=C(Cl)c1ccc(-c2ccc(F)cc2)cc1. The molecule has 80 valence electrons. The maximum absolute atomic E-state index is 12.7. The lowest BCUT2D eigenvalue weighted by atomic mass is 10.0. The molecule has 0 atom stereocenters. The van der Waals surface area contributed by atoms with E-state index in [4.69, 9.17) is 11.6 Å². The van der Waals surface area contributed by atoms with Gasteiger partial charge in [0.15, 0.2) is 0 Å². The topological polar surface area (TPSA) is 0 Å². The van der Waals surface area contributed by atoms with Gasteiger partial charge in [-0.3, -0.25) is 0 Å². The zero-order valence-electron chi connectivity index (χ0n) is 8.58. The van der Waals surface area contributed by atoms with Gasteiger partial charge in [-0.1, -0.05) is 54.6 Å². The van der Waals surface area contributed by atoms with E-state index in [2.05, 4.69) is 6.58 Å². The summed E-state index contributed by atoms with van der Waals surface area (Å²) in [6.07, 6.45) is 0. The van der Waals surface area contributed by atoms with Gasteiger partial charge in [-0.05, 0) is 28.8 Å². The van der Waals surface area contributed by atoms with E-state index in [0.717, 1.165) is 16.7 Å². The molecule has 2 heteroatoms. The van der Waals surface area contributed by atoms with Crippen molar-refractivity contribution in [3.8, 4) is 11.1 Å². The lowest BCUT2D eigenvalue weighted by Gasteiger charge is -2.03. The van der Waals surface area contributed by atoms with E-state index in [1.165, 1.54) is 12.1 Å². The van der Waals surface area contributed by atoms with Gasteiger partial charge in [0.25, 0.3) is 0 Å². The molecule has 0 aromatic heterocycles. The van der Waals surface area contributed by atoms with Gasteiger partial charge in [0.2, 0.25) is 0 Å². The maximum Gasteiger partial charge on any atom is 0.123 e. The largest absolute Gasteiger partial charge is 0.207 e. The Balaban J connectivity index is 2.34. The Kier molecular flexibility index (Phi) is 3.07. The lowest BCUT2D eigenvalue weighted by Crippen LogP contribution is -1.80. The molecule has 2 aromatic carbocycles. The molecule has 0 aliphatic rings. The summed E-state index contributed by atoms with van der Waals surface area (Å²) in [5.41, 5.74) is 2.90. The molecule has 0 saturated carbocycles. The lowest BCUT2D eigenvalue weighted by molar-refractivity contribution is 0.628. The van der Waals surface area contributed by atoms with E-state index in [9.17, 15) is 4.39 Å². The standard InChI is InChI=1S/C14H10ClF/c1-10(15)11-2-4-12(5-3-11)13-6-8-14(16)9-7-13/h2-9H,1H2. The minimum atomic E-state index is -0.227. The molecule has 0 amide bonds. The highest BCUT2D eigenvalue weighted by molar-refractivity contribution is 6.48. The first-order chi connectivity index (χ1) is 7.66. The van der Waals surface area contributed by atoms with Crippen molar-refractivity contribution >= 4 is 16.6 Å². The molecule has 0 fully saturated rings. The fourth-order valence-electron chi connectivity index (χ4n) is 1.49. The molecule has 0 N–H and O–H groups in total. The average molecular weight is 233 g/mol. The molecule has 0 unspecified atom stereocenters. The molecule has 2 aromatic rings. The van der Waals surface area contributed by atoms with E-state index in [-0.39, 0.29) is 5.82 Å². The van der Waals surface area contributed by atoms with Crippen LogP contribution in [0.2, 0.25) is 0 Å². The van der Waals surface area contributed by atoms with Crippen LogP contribution < -0.4 is 0 Å². The average Bonchev–Trinajstić information content (AvgIpc) is 2.30. The van der Waals surface area contributed by atoms with Gasteiger partial charge < -0.3 is 0 Å². The highest BCUT2D eigenvalue weighted by atomic mass is 35.5. The summed E-state index contributed by atoms with van der Waals surface area (Å²) in [5, 5.41) is 0.519. The van der Waals surface area contributed by atoms with Crippen LogP contribution >= 0.6 is 11.6 Å². The van der Waals surface area contributed by atoms with Gasteiger partial charge in [0.05, 0.1) is 0 Å².